The van der Waals surface area contributed by atoms with Crippen LogP contribution in [-0.4, -0.2) is 20.1 Å². The van der Waals surface area contributed by atoms with Crippen molar-refractivity contribution in [3.8, 4) is 11.5 Å². The molecule has 23 heavy (non-hydrogen) atoms. The minimum absolute atomic E-state index is 0.146. The fourth-order valence-corrected chi connectivity index (χ4v) is 2.05. The van der Waals surface area contributed by atoms with E-state index in [9.17, 15) is 4.79 Å². The summed E-state index contributed by atoms with van der Waals surface area (Å²) in [7, 11) is 3.19. The molecule has 1 N–H and O–H groups in total. The molecule has 0 saturated heterocycles. The van der Waals surface area contributed by atoms with E-state index in [-0.39, 0.29) is 5.91 Å². The number of rotatable bonds is 6. The molecule has 0 aliphatic heterocycles. The molecule has 0 aromatic heterocycles. The largest absolute Gasteiger partial charge is 0.497 e. The number of nitrogens with one attached hydrogen (secondary N) is 1. The average Bonchev–Trinajstić information content (AvgIpc) is 2.59. The Kier molecular flexibility index (Phi) is 5.80. The van der Waals surface area contributed by atoms with E-state index in [2.05, 4.69) is 5.32 Å². The molecule has 120 valence electrons. The summed E-state index contributed by atoms with van der Waals surface area (Å²) in [6, 6.07) is 13.5. The highest BCUT2D eigenvalue weighted by Crippen LogP contribution is 2.23. The lowest BCUT2D eigenvalue weighted by atomic mass is 10.1. The number of benzene rings is 2. The molecule has 2 aromatic rings. The number of aryl methyl sites for hydroxylation is 1. The number of methoxy groups -OCH3 is 2. The first kappa shape index (κ1) is 16.6. The number of carbonyl (C=O) groups is 1. The summed E-state index contributed by atoms with van der Waals surface area (Å²) in [5.41, 5.74) is 3.11. The van der Waals surface area contributed by atoms with Gasteiger partial charge in [0, 0.05) is 18.7 Å². The number of hydrogen-bond donors (Lipinski definition) is 1. The first-order chi connectivity index (χ1) is 11.1. The maximum Gasteiger partial charge on any atom is 0.244 e. The van der Waals surface area contributed by atoms with Crippen molar-refractivity contribution in [2.45, 2.75) is 13.5 Å². The predicted octanol–water partition coefficient (Wildman–Crippen LogP) is 3.34. The molecule has 1 amide bonds. The molecular weight excluding hydrogens is 290 g/mol. The third kappa shape index (κ3) is 5.18. The molecule has 4 nitrogen and oxygen atoms in total. The van der Waals surface area contributed by atoms with E-state index in [0.29, 0.717) is 18.0 Å². The van der Waals surface area contributed by atoms with Gasteiger partial charge in [-0.05, 0) is 36.3 Å². The summed E-state index contributed by atoms with van der Waals surface area (Å²) < 4.78 is 10.4. The second-order valence-electron chi connectivity index (χ2n) is 5.18. The van der Waals surface area contributed by atoms with Crippen LogP contribution in [0.2, 0.25) is 0 Å². The van der Waals surface area contributed by atoms with Crippen LogP contribution in [0.4, 0.5) is 0 Å². The molecule has 0 atom stereocenters. The summed E-state index contributed by atoms with van der Waals surface area (Å²) >= 11 is 0. The Hall–Kier alpha value is -2.75. The van der Waals surface area contributed by atoms with Crippen molar-refractivity contribution in [1.29, 1.82) is 0 Å². The zero-order chi connectivity index (χ0) is 16.7. The van der Waals surface area contributed by atoms with Crippen LogP contribution in [0.5, 0.6) is 11.5 Å². The lowest BCUT2D eigenvalue weighted by molar-refractivity contribution is -0.116. The highest BCUT2D eigenvalue weighted by Gasteiger charge is 2.01. The van der Waals surface area contributed by atoms with E-state index < -0.39 is 0 Å². The summed E-state index contributed by atoms with van der Waals surface area (Å²) in [5.74, 6) is 1.22. The Labute approximate surface area is 136 Å². The normalized spacial score (nSPS) is 10.6. The average molecular weight is 311 g/mol. The van der Waals surface area contributed by atoms with Gasteiger partial charge in [-0.15, -0.1) is 0 Å². The lowest BCUT2D eigenvalue weighted by Crippen LogP contribution is -2.20. The maximum atomic E-state index is 11.9. The van der Waals surface area contributed by atoms with Crippen LogP contribution in [0.15, 0.2) is 48.5 Å². The Balaban J connectivity index is 1.96. The van der Waals surface area contributed by atoms with Gasteiger partial charge in [0.1, 0.15) is 11.5 Å². The number of ether oxygens (including phenoxy) is 2. The van der Waals surface area contributed by atoms with Crippen molar-refractivity contribution in [1.82, 2.24) is 5.32 Å². The molecule has 0 radical (unpaired) electrons. The van der Waals surface area contributed by atoms with Crippen LogP contribution < -0.4 is 14.8 Å². The van der Waals surface area contributed by atoms with E-state index in [1.807, 2.05) is 43.3 Å². The zero-order valence-corrected chi connectivity index (χ0v) is 13.6. The topological polar surface area (TPSA) is 47.6 Å². The summed E-state index contributed by atoms with van der Waals surface area (Å²) in [4.78, 5) is 11.9. The minimum atomic E-state index is -0.146. The molecule has 0 spiro atoms. The standard InChI is InChI=1S/C19H21NO3/c1-14-4-6-15(7-5-14)13-20-19(21)9-8-16-10-17(22-2)12-18(11-16)23-3/h4-12H,13H2,1-3H3,(H,20,21)/b9-8+. The van der Waals surface area contributed by atoms with E-state index in [0.717, 1.165) is 11.1 Å². The molecule has 0 bridgehead atoms. The van der Waals surface area contributed by atoms with Crippen molar-refractivity contribution in [3.63, 3.8) is 0 Å². The van der Waals surface area contributed by atoms with Crippen molar-refractivity contribution in [2.24, 2.45) is 0 Å². The maximum absolute atomic E-state index is 11.9. The Morgan fingerprint density at radius 1 is 1.04 bits per heavy atom. The smallest absolute Gasteiger partial charge is 0.244 e. The Morgan fingerprint density at radius 2 is 1.65 bits per heavy atom. The van der Waals surface area contributed by atoms with Crippen molar-refractivity contribution < 1.29 is 14.3 Å². The van der Waals surface area contributed by atoms with Crippen molar-refractivity contribution >= 4 is 12.0 Å². The van der Waals surface area contributed by atoms with Gasteiger partial charge in [-0.25, -0.2) is 0 Å². The number of hydrogen-bond acceptors (Lipinski definition) is 3. The van der Waals surface area contributed by atoms with E-state index in [1.165, 1.54) is 11.6 Å². The Bertz CT molecular complexity index is 668. The SMILES string of the molecule is COc1cc(/C=C/C(=O)NCc2ccc(C)cc2)cc(OC)c1. The fourth-order valence-electron chi connectivity index (χ4n) is 2.05. The van der Waals surface area contributed by atoms with Gasteiger partial charge in [-0.1, -0.05) is 29.8 Å². The third-order valence-corrected chi connectivity index (χ3v) is 3.39. The van der Waals surface area contributed by atoms with Crippen LogP contribution in [0, 0.1) is 6.92 Å². The van der Waals surface area contributed by atoms with Gasteiger partial charge in [-0.2, -0.15) is 0 Å². The summed E-state index contributed by atoms with van der Waals surface area (Å²) in [6.07, 6.45) is 3.23. The van der Waals surface area contributed by atoms with Crippen molar-refractivity contribution in [3.05, 3.63) is 65.2 Å². The molecule has 2 aromatic carbocycles. The minimum Gasteiger partial charge on any atom is -0.497 e. The molecule has 2 rings (SSSR count). The van der Waals surface area contributed by atoms with Crippen LogP contribution in [0.25, 0.3) is 6.08 Å². The lowest BCUT2D eigenvalue weighted by Gasteiger charge is -2.06. The number of carbonyl (C=O) groups excluding carboxylic acids is 1. The molecular formula is C19H21NO3. The van der Waals surface area contributed by atoms with Crippen LogP contribution >= 0.6 is 0 Å². The first-order valence-electron chi connectivity index (χ1n) is 7.35. The van der Waals surface area contributed by atoms with Crippen LogP contribution in [0.3, 0.4) is 0 Å². The third-order valence-electron chi connectivity index (χ3n) is 3.39. The van der Waals surface area contributed by atoms with Gasteiger partial charge in [0.2, 0.25) is 5.91 Å². The van der Waals surface area contributed by atoms with Gasteiger partial charge in [0.05, 0.1) is 14.2 Å². The van der Waals surface area contributed by atoms with Gasteiger partial charge in [-0.3, -0.25) is 4.79 Å². The predicted molar refractivity (Wildman–Crippen MR) is 91.6 cm³/mol. The van der Waals surface area contributed by atoms with Gasteiger partial charge >= 0.3 is 0 Å². The highest BCUT2D eigenvalue weighted by molar-refractivity contribution is 5.91. The molecule has 0 heterocycles. The van der Waals surface area contributed by atoms with Crippen LogP contribution in [-0.2, 0) is 11.3 Å². The number of amides is 1. The van der Waals surface area contributed by atoms with E-state index in [4.69, 9.17) is 9.47 Å². The molecule has 0 saturated carbocycles. The van der Waals surface area contributed by atoms with Crippen LogP contribution in [0.1, 0.15) is 16.7 Å². The Morgan fingerprint density at radius 3 is 2.22 bits per heavy atom. The first-order valence-corrected chi connectivity index (χ1v) is 7.35. The summed E-state index contributed by atoms with van der Waals surface area (Å²) in [6.45, 7) is 2.54. The van der Waals surface area contributed by atoms with Crippen molar-refractivity contribution in [2.75, 3.05) is 14.2 Å². The van der Waals surface area contributed by atoms with Gasteiger partial charge in [0.15, 0.2) is 0 Å². The van der Waals surface area contributed by atoms with Gasteiger partial charge < -0.3 is 14.8 Å². The quantitative estimate of drug-likeness (QED) is 0.832. The van der Waals surface area contributed by atoms with E-state index in [1.54, 1.807) is 26.4 Å². The second kappa shape index (κ2) is 8.03. The summed E-state index contributed by atoms with van der Waals surface area (Å²) in [5, 5.41) is 2.86. The monoisotopic (exact) mass is 311 g/mol. The molecule has 0 unspecified atom stereocenters. The molecule has 0 fully saturated rings. The van der Waals surface area contributed by atoms with Gasteiger partial charge in [0.25, 0.3) is 0 Å². The molecule has 4 heteroatoms. The second-order valence-corrected chi connectivity index (χ2v) is 5.18. The fraction of sp³-hybridized carbons (Fsp3) is 0.211. The molecule has 0 aliphatic carbocycles. The van der Waals surface area contributed by atoms with E-state index >= 15 is 0 Å². The highest BCUT2D eigenvalue weighted by atomic mass is 16.5. The zero-order valence-electron chi connectivity index (χ0n) is 13.6. The molecule has 0 aliphatic rings.